The fourth-order valence-corrected chi connectivity index (χ4v) is 4.09. The molecule has 0 saturated heterocycles. The molecule has 3 nitrogen and oxygen atoms in total. The van der Waals surface area contributed by atoms with Crippen LogP contribution in [0.1, 0.15) is 27.8 Å². The second-order valence-corrected chi connectivity index (χ2v) is 8.64. The summed E-state index contributed by atoms with van der Waals surface area (Å²) in [4.78, 5) is 13.3. The van der Waals surface area contributed by atoms with Crippen molar-refractivity contribution in [1.82, 2.24) is 4.57 Å². The predicted octanol–water partition coefficient (Wildman–Crippen LogP) is 6.63. The minimum Gasteiger partial charge on any atom is -0.488 e. The lowest BCUT2D eigenvalue weighted by molar-refractivity contribution is 0.306. The van der Waals surface area contributed by atoms with Crippen LogP contribution in [0.15, 0.2) is 65.5 Å². The number of hydrogen-bond donors (Lipinski definition) is 0. The van der Waals surface area contributed by atoms with Gasteiger partial charge in [0, 0.05) is 28.9 Å². The highest BCUT2D eigenvalue weighted by atomic mass is 35.5. The first kappa shape index (κ1) is 21.5. The van der Waals surface area contributed by atoms with Gasteiger partial charge in [0.15, 0.2) is 0 Å². The van der Waals surface area contributed by atoms with Crippen molar-refractivity contribution in [2.45, 2.75) is 26.9 Å². The van der Waals surface area contributed by atoms with Crippen LogP contribution in [0.2, 0.25) is 10.0 Å². The number of rotatable bonds is 5. The van der Waals surface area contributed by atoms with Crippen LogP contribution in [-0.4, -0.2) is 4.57 Å². The predicted molar refractivity (Wildman–Crippen MR) is 129 cm³/mol. The SMILES string of the molecule is Cc1ccc(COc2c(Cc3ccc(C)c(Cl)c3)c(=O)n(C)c3ccccc23)cc1Cl. The largest absolute Gasteiger partial charge is 0.488 e. The van der Waals surface area contributed by atoms with Gasteiger partial charge in [-0.3, -0.25) is 4.79 Å². The van der Waals surface area contributed by atoms with E-state index in [2.05, 4.69) is 0 Å². The van der Waals surface area contributed by atoms with E-state index in [0.29, 0.717) is 34.4 Å². The van der Waals surface area contributed by atoms with E-state index >= 15 is 0 Å². The summed E-state index contributed by atoms with van der Waals surface area (Å²) in [6.45, 7) is 4.24. The number of pyridine rings is 1. The van der Waals surface area contributed by atoms with Gasteiger partial charge in [-0.25, -0.2) is 0 Å². The third kappa shape index (κ3) is 4.34. The van der Waals surface area contributed by atoms with Crippen molar-refractivity contribution in [3.8, 4) is 5.75 Å². The van der Waals surface area contributed by atoms with Gasteiger partial charge in [0.25, 0.3) is 5.56 Å². The second-order valence-electron chi connectivity index (χ2n) is 7.82. The molecule has 0 atom stereocenters. The zero-order chi connectivity index (χ0) is 22.1. The summed E-state index contributed by atoms with van der Waals surface area (Å²) in [5, 5.41) is 2.28. The molecule has 0 radical (unpaired) electrons. The molecule has 0 amide bonds. The fourth-order valence-electron chi connectivity index (χ4n) is 3.68. The van der Waals surface area contributed by atoms with Crippen LogP contribution in [-0.2, 0) is 20.1 Å². The van der Waals surface area contributed by atoms with E-state index in [4.69, 9.17) is 27.9 Å². The zero-order valence-corrected chi connectivity index (χ0v) is 19.2. The molecule has 0 bridgehead atoms. The summed E-state index contributed by atoms with van der Waals surface area (Å²) >= 11 is 12.6. The number of aryl methyl sites for hydroxylation is 3. The van der Waals surface area contributed by atoms with Gasteiger partial charge in [0.05, 0.1) is 11.1 Å². The molecule has 0 spiro atoms. The highest BCUT2D eigenvalue weighted by molar-refractivity contribution is 6.31. The number of aromatic nitrogens is 1. The summed E-state index contributed by atoms with van der Waals surface area (Å²) in [5.41, 5.74) is 5.30. The molecule has 4 aromatic rings. The van der Waals surface area contributed by atoms with Crippen LogP contribution in [0.4, 0.5) is 0 Å². The summed E-state index contributed by atoms with van der Waals surface area (Å²) in [6, 6.07) is 19.5. The maximum absolute atomic E-state index is 13.3. The molecule has 1 heterocycles. The van der Waals surface area contributed by atoms with Crippen molar-refractivity contribution >= 4 is 34.1 Å². The molecular weight excluding hydrogens is 429 g/mol. The van der Waals surface area contributed by atoms with Gasteiger partial charge in [0.2, 0.25) is 0 Å². The molecule has 3 aromatic carbocycles. The Morgan fingerprint density at radius 3 is 2.16 bits per heavy atom. The maximum Gasteiger partial charge on any atom is 0.258 e. The van der Waals surface area contributed by atoms with Gasteiger partial charge in [0.1, 0.15) is 12.4 Å². The minimum atomic E-state index is -0.0765. The molecule has 0 saturated carbocycles. The topological polar surface area (TPSA) is 31.2 Å². The molecule has 0 aliphatic rings. The molecule has 0 aliphatic carbocycles. The minimum absolute atomic E-state index is 0.0765. The van der Waals surface area contributed by atoms with Gasteiger partial charge < -0.3 is 9.30 Å². The second kappa shape index (κ2) is 8.78. The van der Waals surface area contributed by atoms with Crippen LogP contribution in [0, 0.1) is 13.8 Å². The molecule has 4 rings (SSSR count). The standard InChI is InChI=1S/C26H23Cl2NO2/c1-16-8-10-18(13-22(16)27)12-21-25(31-15-19-11-9-17(2)23(28)14-19)20-6-4-5-7-24(20)29(3)26(21)30/h4-11,13-14H,12,15H2,1-3H3. The van der Waals surface area contributed by atoms with Crippen LogP contribution >= 0.6 is 23.2 Å². The Hall–Kier alpha value is -2.75. The fraction of sp³-hybridized carbons (Fsp3) is 0.192. The van der Waals surface area contributed by atoms with Gasteiger partial charge in [-0.1, -0.05) is 59.6 Å². The van der Waals surface area contributed by atoms with Gasteiger partial charge in [-0.2, -0.15) is 0 Å². The molecule has 0 N–H and O–H groups in total. The lowest BCUT2D eigenvalue weighted by Crippen LogP contribution is -2.23. The number of nitrogens with zero attached hydrogens (tertiary/aromatic N) is 1. The lowest BCUT2D eigenvalue weighted by Gasteiger charge is -2.17. The first-order valence-corrected chi connectivity index (χ1v) is 10.8. The van der Waals surface area contributed by atoms with Crippen molar-refractivity contribution in [3.05, 3.63) is 109 Å². The van der Waals surface area contributed by atoms with Gasteiger partial charge >= 0.3 is 0 Å². The van der Waals surface area contributed by atoms with Crippen LogP contribution in [0.25, 0.3) is 10.9 Å². The van der Waals surface area contributed by atoms with Gasteiger partial charge in [-0.15, -0.1) is 0 Å². The van der Waals surface area contributed by atoms with E-state index in [1.165, 1.54) is 0 Å². The maximum atomic E-state index is 13.3. The molecular formula is C26H23Cl2NO2. The molecule has 5 heteroatoms. The number of halogens is 2. The highest BCUT2D eigenvalue weighted by Crippen LogP contribution is 2.31. The van der Waals surface area contributed by atoms with Crippen molar-refractivity contribution in [1.29, 1.82) is 0 Å². The summed E-state index contributed by atoms with van der Waals surface area (Å²) < 4.78 is 7.97. The summed E-state index contributed by atoms with van der Waals surface area (Å²) in [7, 11) is 1.79. The molecule has 31 heavy (non-hydrogen) atoms. The highest BCUT2D eigenvalue weighted by Gasteiger charge is 2.18. The first-order valence-electron chi connectivity index (χ1n) is 10.1. The third-order valence-corrected chi connectivity index (χ3v) is 6.40. The van der Waals surface area contributed by atoms with Crippen molar-refractivity contribution in [2.75, 3.05) is 0 Å². The van der Waals surface area contributed by atoms with Crippen LogP contribution in [0.5, 0.6) is 5.75 Å². The quantitative estimate of drug-likeness (QED) is 0.340. The Balaban J connectivity index is 1.81. The van der Waals surface area contributed by atoms with E-state index in [0.717, 1.165) is 33.2 Å². The molecule has 158 valence electrons. The monoisotopic (exact) mass is 451 g/mol. The number of ether oxygens (including phenoxy) is 1. The van der Waals surface area contributed by atoms with Gasteiger partial charge in [-0.05, 0) is 60.4 Å². The Bertz CT molecular complexity index is 1340. The number of hydrogen-bond acceptors (Lipinski definition) is 2. The van der Waals surface area contributed by atoms with E-state index in [1.807, 2.05) is 74.5 Å². The van der Waals surface area contributed by atoms with Crippen LogP contribution in [0.3, 0.4) is 0 Å². The summed E-state index contributed by atoms with van der Waals surface area (Å²) in [5.74, 6) is 0.604. The zero-order valence-electron chi connectivity index (χ0n) is 17.7. The van der Waals surface area contributed by atoms with Crippen molar-refractivity contribution < 1.29 is 4.74 Å². The average molecular weight is 452 g/mol. The lowest BCUT2D eigenvalue weighted by atomic mass is 10.0. The van der Waals surface area contributed by atoms with E-state index < -0.39 is 0 Å². The van der Waals surface area contributed by atoms with E-state index in [9.17, 15) is 4.79 Å². The van der Waals surface area contributed by atoms with Crippen LogP contribution < -0.4 is 10.3 Å². The van der Waals surface area contributed by atoms with E-state index in [1.54, 1.807) is 11.6 Å². The Morgan fingerprint density at radius 1 is 0.871 bits per heavy atom. The normalized spacial score (nSPS) is 11.1. The molecule has 0 unspecified atom stereocenters. The molecule has 0 fully saturated rings. The number of para-hydroxylation sites is 1. The molecule has 0 aliphatic heterocycles. The molecule has 1 aromatic heterocycles. The average Bonchev–Trinajstić information content (AvgIpc) is 2.76. The first-order chi connectivity index (χ1) is 14.8. The Labute approximate surface area is 191 Å². The number of fused-ring (bicyclic) bond motifs is 1. The number of benzene rings is 3. The Kier molecular flexibility index (Phi) is 6.08. The smallest absolute Gasteiger partial charge is 0.258 e. The van der Waals surface area contributed by atoms with E-state index in [-0.39, 0.29) is 5.56 Å². The Morgan fingerprint density at radius 2 is 1.48 bits per heavy atom. The van der Waals surface area contributed by atoms with Crippen molar-refractivity contribution in [2.24, 2.45) is 7.05 Å². The third-order valence-electron chi connectivity index (χ3n) is 5.58. The van der Waals surface area contributed by atoms with Crippen molar-refractivity contribution in [3.63, 3.8) is 0 Å². The summed E-state index contributed by atoms with van der Waals surface area (Å²) in [6.07, 6.45) is 0.432.